The van der Waals surface area contributed by atoms with Gasteiger partial charge in [-0.3, -0.25) is 9.59 Å². The average molecular weight is 355 g/mol. The number of carbonyl (C=O) groups excluding carboxylic acids is 2. The molecular weight excluding hydrogens is 330 g/mol. The second-order valence-electron chi connectivity index (χ2n) is 6.65. The monoisotopic (exact) mass is 355 g/mol. The number of aryl methyl sites for hydroxylation is 1. The Bertz CT molecular complexity index is 776. The molecule has 1 aromatic heterocycles. The molecule has 3 rings (SSSR count). The molecule has 0 spiro atoms. The molecule has 0 atom stereocenters. The van der Waals surface area contributed by atoms with Crippen molar-refractivity contribution in [1.29, 1.82) is 0 Å². The summed E-state index contributed by atoms with van der Waals surface area (Å²) in [5, 5.41) is 0. The van der Waals surface area contributed by atoms with Crippen molar-refractivity contribution in [2.24, 2.45) is 7.05 Å². The van der Waals surface area contributed by atoms with E-state index in [1.165, 1.54) is 0 Å². The molecule has 0 saturated carbocycles. The van der Waals surface area contributed by atoms with E-state index in [1.54, 1.807) is 7.11 Å². The van der Waals surface area contributed by atoms with Gasteiger partial charge in [-0.2, -0.15) is 0 Å². The third-order valence-electron chi connectivity index (χ3n) is 4.72. The molecule has 1 saturated heterocycles. The summed E-state index contributed by atoms with van der Waals surface area (Å²) >= 11 is 0. The van der Waals surface area contributed by atoms with Gasteiger partial charge in [0.05, 0.1) is 20.0 Å². The van der Waals surface area contributed by atoms with E-state index in [-0.39, 0.29) is 11.8 Å². The zero-order valence-corrected chi connectivity index (χ0v) is 15.4. The topological polar surface area (TPSA) is 54.8 Å². The molecule has 2 heterocycles. The molecule has 0 radical (unpaired) electrons. The lowest BCUT2D eigenvalue weighted by molar-refractivity contribution is -0.138. The zero-order chi connectivity index (χ0) is 18.5. The maximum absolute atomic E-state index is 12.5. The number of hydrogen-bond acceptors (Lipinski definition) is 3. The van der Waals surface area contributed by atoms with Gasteiger partial charge < -0.3 is 19.1 Å². The molecule has 138 valence electrons. The van der Waals surface area contributed by atoms with Crippen molar-refractivity contribution in [3.05, 3.63) is 53.9 Å². The Hall–Kier alpha value is -2.76. The smallest absolute Gasteiger partial charge is 0.227 e. The van der Waals surface area contributed by atoms with Gasteiger partial charge in [-0.05, 0) is 29.3 Å². The Morgan fingerprint density at radius 2 is 1.58 bits per heavy atom. The number of benzene rings is 1. The normalized spacial score (nSPS) is 14.4. The Morgan fingerprint density at radius 1 is 0.962 bits per heavy atom. The number of rotatable bonds is 5. The molecule has 1 aliphatic rings. The molecule has 1 aliphatic heterocycles. The minimum Gasteiger partial charge on any atom is -0.497 e. The third kappa shape index (κ3) is 4.45. The van der Waals surface area contributed by atoms with Crippen LogP contribution in [0.5, 0.6) is 5.75 Å². The van der Waals surface area contributed by atoms with Crippen molar-refractivity contribution < 1.29 is 14.3 Å². The standard InChI is InChI=1S/C20H25N3O3/c1-21-7-6-17(15-21)14-20(25)23-10-8-22(9-11-23)19(24)13-16-4-3-5-18(12-16)26-2/h3-7,12,15H,8-11,13-14H2,1-2H3. The first-order valence-electron chi connectivity index (χ1n) is 8.84. The van der Waals surface area contributed by atoms with Gasteiger partial charge in [0.1, 0.15) is 5.75 Å². The van der Waals surface area contributed by atoms with E-state index in [0.717, 1.165) is 16.9 Å². The highest BCUT2D eigenvalue weighted by Crippen LogP contribution is 2.14. The fraction of sp³-hybridized carbons (Fsp3) is 0.400. The summed E-state index contributed by atoms with van der Waals surface area (Å²) in [6.07, 6.45) is 4.68. The third-order valence-corrected chi connectivity index (χ3v) is 4.72. The van der Waals surface area contributed by atoms with Crippen LogP contribution in [-0.4, -0.2) is 59.5 Å². The molecule has 0 N–H and O–H groups in total. The quantitative estimate of drug-likeness (QED) is 0.817. The summed E-state index contributed by atoms with van der Waals surface area (Å²) in [6.45, 7) is 2.36. The highest BCUT2D eigenvalue weighted by Gasteiger charge is 2.24. The van der Waals surface area contributed by atoms with E-state index in [9.17, 15) is 9.59 Å². The van der Waals surface area contributed by atoms with E-state index in [4.69, 9.17) is 4.74 Å². The van der Waals surface area contributed by atoms with Gasteiger partial charge in [0.2, 0.25) is 11.8 Å². The second-order valence-corrected chi connectivity index (χ2v) is 6.65. The van der Waals surface area contributed by atoms with Crippen LogP contribution in [0.1, 0.15) is 11.1 Å². The van der Waals surface area contributed by atoms with Crippen LogP contribution < -0.4 is 4.74 Å². The molecule has 2 amide bonds. The van der Waals surface area contributed by atoms with Crippen LogP contribution in [0.15, 0.2) is 42.7 Å². The van der Waals surface area contributed by atoms with Crippen LogP contribution in [0.4, 0.5) is 0 Å². The van der Waals surface area contributed by atoms with E-state index in [2.05, 4.69) is 0 Å². The number of carbonyl (C=O) groups is 2. The summed E-state index contributed by atoms with van der Waals surface area (Å²) in [5.41, 5.74) is 1.96. The predicted molar refractivity (Wildman–Crippen MR) is 99.0 cm³/mol. The summed E-state index contributed by atoms with van der Waals surface area (Å²) in [4.78, 5) is 28.6. The first kappa shape index (κ1) is 18.0. The lowest BCUT2D eigenvalue weighted by Gasteiger charge is -2.35. The van der Waals surface area contributed by atoms with Gasteiger partial charge in [-0.1, -0.05) is 12.1 Å². The fourth-order valence-corrected chi connectivity index (χ4v) is 3.23. The fourth-order valence-electron chi connectivity index (χ4n) is 3.23. The van der Waals surface area contributed by atoms with Gasteiger partial charge in [0.15, 0.2) is 0 Å². The Kier molecular flexibility index (Phi) is 5.61. The predicted octanol–water partition coefficient (Wildman–Crippen LogP) is 1.49. The van der Waals surface area contributed by atoms with Crippen LogP contribution in [0, 0.1) is 0 Å². The maximum atomic E-state index is 12.5. The van der Waals surface area contributed by atoms with Crippen molar-refractivity contribution >= 4 is 11.8 Å². The highest BCUT2D eigenvalue weighted by molar-refractivity contribution is 5.81. The van der Waals surface area contributed by atoms with Gasteiger partial charge in [0, 0.05) is 45.6 Å². The molecule has 0 unspecified atom stereocenters. The van der Waals surface area contributed by atoms with E-state index in [1.807, 2.05) is 64.1 Å². The molecule has 1 aromatic carbocycles. The van der Waals surface area contributed by atoms with Gasteiger partial charge in [-0.25, -0.2) is 0 Å². The summed E-state index contributed by atoms with van der Waals surface area (Å²) in [7, 11) is 3.56. The molecule has 2 aromatic rings. The summed E-state index contributed by atoms with van der Waals surface area (Å²) < 4.78 is 7.14. The Labute approximate surface area is 154 Å². The molecule has 6 heteroatoms. The number of piperazine rings is 1. The molecule has 1 fully saturated rings. The van der Waals surface area contributed by atoms with Gasteiger partial charge in [-0.15, -0.1) is 0 Å². The number of hydrogen-bond donors (Lipinski definition) is 0. The molecule has 0 aliphatic carbocycles. The van der Waals surface area contributed by atoms with Crippen LogP contribution in [0.2, 0.25) is 0 Å². The minimum atomic E-state index is 0.0911. The lowest BCUT2D eigenvalue weighted by Crippen LogP contribution is -2.51. The number of methoxy groups -OCH3 is 1. The molecular formula is C20H25N3O3. The summed E-state index contributed by atoms with van der Waals surface area (Å²) in [6, 6.07) is 9.54. The van der Waals surface area contributed by atoms with Crippen LogP contribution in [-0.2, 0) is 29.5 Å². The van der Waals surface area contributed by atoms with Crippen molar-refractivity contribution in [2.45, 2.75) is 12.8 Å². The van der Waals surface area contributed by atoms with E-state index >= 15 is 0 Å². The average Bonchev–Trinajstić information content (AvgIpc) is 3.06. The number of ether oxygens (including phenoxy) is 1. The minimum absolute atomic E-state index is 0.0911. The van der Waals surface area contributed by atoms with Crippen LogP contribution in [0.3, 0.4) is 0 Å². The molecule has 6 nitrogen and oxygen atoms in total. The van der Waals surface area contributed by atoms with Gasteiger partial charge >= 0.3 is 0 Å². The molecule has 0 bridgehead atoms. The van der Waals surface area contributed by atoms with Crippen molar-refractivity contribution in [1.82, 2.24) is 14.4 Å². The first-order chi connectivity index (χ1) is 12.5. The number of amides is 2. The van der Waals surface area contributed by atoms with Crippen molar-refractivity contribution in [2.75, 3.05) is 33.3 Å². The van der Waals surface area contributed by atoms with Crippen molar-refractivity contribution in [3.8, 4) is 5.75 Å². The van der Waals surface area contributed by atoms with Crippen molar-refractivity contribution in [3.63, 3.8) is 0 Å². The van der Waals surface area contributed by atoms with Crippen LogP contribution >= 0.6 is 0 Å². The highest BCUT2D eigenvalue weighted by atomic mass is 16.5. The SMILES string of the molecule is COc1cccc(CC(=O)N2CCN(C(=O)Cc3ccn(C)c3)CC2)c1. The first-order valence-corrected chi connectivity index (χ1v) is 8.84. The molecule has 26 heavy (non-hydrogen) atoms. The largest absolute Gasteiger partial charge is 0.497 e. The zero-order valence-electron chi connectivity index (χ0n) is 15.4. The lowest BCUT2D eigenvalue weighted by atomic mass is 10.1. The van der Waals surface area contributed by atoms with Crippen LogP contribution in [0.25, 0.3) is 0 Å². The van der Waals surface area contributed by atoms with Gasteiger partial charge in [0.25, 0.3) is 0 Å². The maximum Gasteiger partial charge on any atom is 0.227 e. The van der Waals surface area contributed by atoms with E-state index in [0.29, 0.717) is 39.0 Å². The Balaban J connectivity index is 1.49. The van der Waals surface area contributed by atoms with E-state index < -0.39 is 0 Å². The summed E-state index contributed by atoms with van der Waals surface area (Å²) in [5.74, 6) is 0.969. The second kappa shape index (κ2) is 8.08. The Morgan fingerprint density at radius 3 is 2.12 bits per heavy atom. The number of nitrogens with zero attached hydrogens (tertiary/aromatic N) is 3. The number of aromatic nitrogens is 1.